The number of rotatable bonds is 3. The predicted molar refractivity (Wildman–Crippen MR) is 70.8 cm³/mol. The third-order valence-corrected chi connectivity index (χ3v) is 3.36. The van der Waals surface area contributed by atoms with Gasteiger partial charge in [0.15, 0.2) is 0 Å². The summed E-state index contributed by atoms with van der Waals surface area (Å²) in [6.07, 6.45) is 7.58. The quantitative estimate of drug-likeness (QED) is 0.834. The third-order valence-electron chi connectivity index (χ3n) is 3.07. The summed E-state index contributed by atoms with van der Waals surface area (Å²) < 4.78 is 12.9. The maximum absolute atomic E-state index is 12.9. The Morgan fingerprint density at radius 3 is 2.78 bits per heavy atom. The highest BCUT2D eigenvalue weighted by molar-refractivity contribution is 6.30. The van der Waals surface area contributed by atoms with Gasteiger partial charge in [0.2, 0.25) is 5.91 Å². The predicted octanol–water partition coefficient (Wildman–Crippen LogP) is 3.55. The molecule has 1 aliphatic rings. The molecule has 0 saturated heterocycles. The van der Waals surface area contributed by atoms with E-state index in [2.05, 4.69) is 5.32 Å². The monoisotopic (exact) mass is 267 g/mol. The van der Waals surface area contributed by atoms with Gasteiger partial charge in [-0.1, -0.05) is 30.5 Å². The van der Waals surface area contributed by atoms with E-state index in [4.69, 9.17) is 11.6 Å². The van der Waals surface area contributed by atoms with Gasteiger partial charge in [0.25, 0.3) is 0 Å². The average molecular weight is 268 g/mol. The van der Waals surface area contributed by atoms with Crippen LogP contribution in [-0.4, -0.2) is 11.9 Å². The number of amides is 1. The number of nitrogens with one attached hydrogen (secondary N) is 1. The van der Waals surface area contributed by atoms with Crippen LogP contribution in [0.5, 0.6) is 0 Å². The SMILES string of the molecule is O=C(/C=C/c1ccc(F)c(Cl)c1)NC1CCCC1. The Labute approximate surface area is 111 Å². The molecule has 1 aliphatic carbocycles. The first kappa shape index (κ1) is 13.1. The van der Waals surface area contributed by atoms with Crippen molar-refractivity contribution in [2.75, 3.05) is 0 Å². The smallest absolute Gasteiger partial charge is 0.244 e. The van der Waals surface area contributed by atoms with Crippen molar-refractivity contribution >= 4 is 23.6 Å². The topological polar surface area (TPSA) is 29.1 Å². The van der Waals surface area contributed by atoms with Gasteiger partial charge < -0.3 is 5.32 Å². The van der Waals surface area contributed by atoms with Gasteiger partial charge in [0.05, 0.1) is 5.02 Å². The van der Waals surface area contributed by atoms with Crippen molar-refractivity contribution in [2.24, 2.45) is 0 Å². The molecule has 0 bridgehead atoms. The van der Waals surface area contributed by atoms with E-state index in [9.17, 15) is 9.18 Å². The van der Waals surface area contributed by atoms with Crippen LogP contribution in [0, 0.1) is 5.82 Å². The lowest BCUT2D eigenvalue weighted by Gasteiger charge is -2.09. The summed E-state index contributed by atoms with van der Waals surface area (Å²) in [5.74, 6) is -0.563. The normalized spacial score (nSPS) is 16.3. The van der Waals surface area contributed by atoms with Gasteiger partial charge in [0, 0.05) is 12.1 Å². The number of hydrogen-bond donors (Lipinski definition) is 1. The van der Waals surface area contributed by atoms with Gasteiger partial charge in [-0.15, -0.1) is 0 Å². The number of hydrogen-bond acceptors (Lipinski definition) is 1. The largest absolute Gasteiger partial charge is 0.350 e. The fourth-order valence-electron chi connectivity index (χ4n) is 2.11. The van der Waals surface area contributed by atoms with Crippen LogP contribution in [0.15, 0.2) is 24.3 Å². The molecule has 18 heavy (non-hydrogen) atoms. The molecule has 0 aliphatic heterocycles. The minimum Gasteiger partial charge on any atom is -0.350 e. The Balaban J connectivity index is 1.92. The van der Waals surface area contributed by atoms with E-state index >= 15 is 0 Å². The molecule has 0 unspecified atom stereocenters. The molecule has 1 saturated carbocycles. The maximum atomic E-state index is 12.9. The van der Waals surface area contributed by atoms with Crippen molar-refractivity contribution in [3.63, 3.8) is 0 Å². The minimum absolute atomic E-state index is 0.0633. The van der Waals surface area contributed by atoms with E-state index in [-0.39, 0.29) is 10.9 Å². The van der Waals surface area contributed by atoms with E-state index in [1.54, 1.807) is 12.1 Å². The maximum Gasteiger partial charge on any atom is 0.244 e. The van der Waals surface area contributed by atoms with Crippen LogP contribution in [0.2, 0.25) is 5.02 Å². The highest BCUT2D eigenvalue weighted by Gasteiger charge is 2.15. The van der Waals surface area contributed by atoms with Crippen LogP contribution in [0.3, 0.4) is 0 Å². The van der Waals surface area contributed by atoms with E-state index in [0.717, 1.165) is 12.8 Å². The second-order valence-corrected chi connectivity index (χ2v) is 4.90. The molecule has 0 aromatic heterocycles. The van der Waals surface area contributed by atoms with Gasteiger partial charge in [-0.25, -0.2) is 4.39 Å². The zero-order valence-electron chi connectivity index (χ0n) is 9.96. The fraction of sp³-hybridized carbons (Fsp3) is 0.357. The molecule has 1 N–H and O–H groups in total. The molecule has 0 radical (unpaired) electrons. The van der Waals surface area contributed by atoms with Crippen molar-refractivity contribution in [3.8, 4) is 0 Å². The molecule has 1 aromatic carbocycles. The molecular formula is C14H15ClFNO. The molecule has 0 spiro atoms. The Kier molecular flexibility index (Phi) is 4.37. The highest BCUT2D eigenvalue weighted by atomic mass is 35.5. The van der Waals surface area contributed by atoms with Gasteiger partial charge in [0.1, 0.15) is 5.82 Å². The number of benzene rings is 1. The summed E-state index contributed by atoms with van der Waals surface area (Å²) in [7, 11) is 0. The first-order valence-corrected chi connectivity index (χ1v) is 6.46. The molecular weight excluding hydrogens is 253 g/mol. The molecule has 4 heteroatoms. The van der Waals surface area contributed by atoms with Gasteiger partial charge in [-0.2, -0.15) is 0 Å². The molecule has 2 rings (SSSR count). The Morgan fingerprint density at radius 1 is 1.39 bits per heavy atom. The van der Waals surface area contributed by atoms with Crippen LogP contribution >= 0.6 is 11.6 Å². The van der Waals surface area contributed by atoms with Gasteiger partial charge in [-0.05, 0) is 36.6 Å². The lowest BCUT2D eigenvalue weighted by atomic mass is 10.2. The van der Waals surface area contributed by atoms with Gasteiger partial charge in [-0.3, -0.25) is 4.79 Å². The first-order chi connectivity index (χ1) is 8.65. The molecule has 2 nitrogen and oxygen atoms in total. The van der Waals surface area contributed by atoms with Crippen LogP contribution in [0.4, 0.5) is 4.39 Å². The molecule has 0 heterocycles. The van der Waals surface area contributed by atoms with Crippen LogP contribution in [0.25, 0.3) is 6.08 Å². The van der Waals surface area contributed by atoms with E-state index < -0.39 is 5.82 Å². The van der Waals surface area contributed by atoms with Crippen molar-refractivity contribution in [1.29, 1.82) is 0 Å². The van der Waals surface area contributed by atoms with E-state index in [1.807, 2.05) is 0 Å². The number of carbonyl (C=O) groups excluding carboxylic acids is 1. The zero-order valence-corrected chi connectivity index (χ0v) is 10.7. The van der Waals surface area contributed by atoms with Crippen LogP contribution in [-0.2, 0) is 4.79 Å². The Bertz CT molecular complexity index is 467. The second kappa shape index (κ2) is 6.01. The van der Waals surface area contributed by atoms with Crippen molar-refractivity contribution in [2.45, 2.75) is 31.7 Å². The number of carbonyl (C=O) groups is 1. The lowest BCUT2D eigenvalue weighted by Crippen LogP contribution is -2.30. The van der Waals surface area contributed by atoms with Gasteiger partial charge >= 0.3 is 0 Å². The van der Waals surface area contributed by atoms with E-state index in [0.29, 0.717) is 11.6 Å². The summed E-state index contributed by atoms with van der Waals surface area (Å²) in [6, 6.07) is 4.67. The zero-order chi connectivity index (χ0) is 13.0. The van der Waals surface area contributed by atoms with Crippen molar-refractivity contribution < 1.29 is 9.18 Å². The molecule has 1 amide bonds. The summed E-state index contributed by atoms with van der Waals surface area (Å²) in [5, 5.41) is 3.01. The molecule has 1 aromatic rings. The average Bonchev–Trinajstić information content (AvgIpc) is 2.83. The standard InChI is InChI=1S/C14H15ClFNO/c15-12-9-10(5-7-13(12)16)6-8-14(18)17-11-3-1-2-4-11/h5-9,11H,1-4H2,(H,17,18)/b8-6+. The highest BCUT2D eigenvalue weighted by Crippen LogP contribution is 2.18. The van der Waals surface area contributed by atoms with Crippen molar-refractivity contribution in [3.05, 3.63) is 40.7 Å². The van der Waals surface area contributed by atoms with Crippen LogP contribution < -0.4 is 5.32 Å². The molecule has 0 atom stereocenters. The Morgan fingerprint density at radius 2 is 2.11 bits per heavy atom. The number of halogens is 2. The fourth-order valence-corrected chi connectivity index (χ4v) is 2.30. The summed E-state index contributed by atoms with van der Waals surface area (Å²) in [5.41, 5.74) is 0.711. The lowest BCUT2D eigenvalue weighted by molar-refractivity contribution is -0.117. The minimum atomic E-state index is -0.454. The third kappa shape index (κ3) is 3.57. The summed E-state index contributed by atoms with van der Waals surface area (Å²) >= 11 is 5.66. The molecule has 1 fully saturated rings. The Hall–Kier alpha value is -1.35. The van der Waals surface area contributed by atoms with E-state index in [1.165, 1.54) is 31.1 Å². The van der Waals surface area contributed by atoms with Crippen LogP contribution in [0.1, 0.15) is 31.2 Å². The summed E-state index contributed by atoms with van der Waals surface area (Å²) in [6.45, 7) is 0. The van der Waals surface area contributed by atoms with Crippen molar-refractivity contribution in [1.82, 2.24) is 5.32 Å². The second-order valence-electron chi connectivity index (χ2n) is 4.50. The first-order valence-electron chi connectivity index (χ1n) is 6.09. The summed E-state index contributed by atoms with van der Waals surface area (Å²) in [4.78, 5) is 11.6. The molecule has 96 valence electrons.